The highest BCUT2D eigenvalue weighted by atomic mass is 16.3. The Morgan fingerprint density at radius 2 is 0.851 bits per heavy atom. The summed E-state index contributed by atoms with van der Waals surface area (Å²) in [6.07, 6.45) is 0. The summed E-state index contributed by atoms with van der Waals surface area (Å²) in [5, 5.41) is 13.3. The molecule has 19 rings (SSSR count). The van der Waals surface area contributed by atoms with E-state index in [-0.39, 0.29) is 65.8 Å². The minimum absolute atomic E-state index is 0.0714. The van der Waals surface area contributed by atoms with E-state index in [0.717, 1.165) is 54.8 Å². The van der Waals surface area contributed by atoms with E-state index >= 15 is 0 Å². The lowest BCUT2D eigenvalue weighted by molar-refractivity contribution is 0.590. The first-order valence-corrected chi connectivity index (χ1v) is 33.8. The summed E-state index contributed by atoms with van der Waals surface area (Å²) in [5.74, 6) is 0. The zero-order valence-electron chi connectivity index (χ0n) is 70.7. The van der Waals surface area contributed by atoms with E-state index < -0.39 is 108 Å². The molecule has 101 heavy (non-hydrogen) atoms. The molecule has 0 amide bonds. The van der Waals surface area contributed by atoms with Gasteiger partial charge < -0.3 is 27.8 Å². The SMILES string of the molecule is [2H]c1c([2H])c([2H])c2c(c1[2H])c1c([2H])c(C#N)c([2H])c([2H])c1n2-c1ccc2c(c1)N(c1cccc3oc4ccc(-c5ccc(C(C)(C)C)cc5)cc4c13)c1cc(C(C)(C)C)cc3c1B2c1ccc(-n2c4c([2H])c([2H])c([2H])c([2H])c4c4c([2H])c([N+]#[C-])c([2H])c([2H])c42)cc1N3c1cccc2oc3ccc(-c4ccc(C(C)(C)C)cc4)cc3c12. The molecular formula is C92H69BN6O2. The molecular weight excluding hydrogens is 1230 g/mol. The van der Waals surface area contributed by atoms with Gasteiger partial charge in [0.25, 0.3) is 6.71 Å². The van der Waals surface area contributed by atoms with Crippen molar-refractivity contribution in [3.8, 4) is 39.7 Å². The van der Waals surface area contributed by atoms with Crippen LogP contribution < -0.4 is 26.2 Å². The highest BCUT2D eigenvalue weighted by Crippen LogP contribution is 2.52. The number of para-hydroxylation sites is 2. The number of hydrogen-bond donors (Lipinski definition) is 0. The van der Waals surface area contributed by atoms with Crippen molar-refractivity contribution >= 4 is 150 Å². The predicted molar refractivity (Wildman–Crippen MR) is 422 cm³/mol. The molecule has 0 fully saturated rings. The van der Waals surface area contributed by atoms with E-state index in [1.54, 1.807) is 0 Å². The molecule has 0 atom stereocenters. The van der Waals surface area contributed by atoms with Crippen LogP contribution in [-0.4, -0.2) is 15.8 Å². The summed E-state index contributed by atoms with van der Waals surface area (Å²) in [4.78, 5) is 7.98. The molecule has 4 aromatic heterocycles. The molecule has 9 heteroatoms. The number of anilines is 6. The van der Waals surface area contributed by atoms with Gasteiger partial charge >= 0.3 is 0 Å². The molecule has 13 aromatic carbocycles. The van der Waals surface area contributed by atoms with Crippen LogP contribution in [0.1, 0.15) is 104 Å². The van der Waals surface area contributed by atoms with Crippen molar-refractivity contribution < 1.29 is 28.0 Å². The lowest BCUT2D eigenvalue weighted by Gasteiger charge is -2.45. The van der Waals surface area contributed by atoms with Crippen molar-refractivity contribution in [1.29, 1.82) is 5.26 Å². The molecule has 0 radical (unpaired) electrons. The number of fused-ring (bicyclic) bond motifs is 16. The Kier molecular flexibility index (Phi) is 10.0. The van der Waals surface area contributed by atoms with Gasteiger partial charge in [0.2, 0.25) is 0 Å². The molecule has 17 aromatic rings. The van der Waals surface area contributed by atoms with Gasteiger partial charge in [-0.25, -0.2) is 4.85 Å². The fourth-order valence-electron chi connectivity index (χ4n) is 15.5. The van der Waals surface area contributed by atoms with Gasteiger partial charge in [0, 0.05) is 63.8 Å². The fraction of sp³-hybridized carbons (Fsp3) is 0.130. The van der Waals surface area contributed by atoms with E-state index in [4.69, 9.17) is 18.1 Å². The van der Waals surface area contributed by atoms with Crippen LogP contribution in [0.5, 0.6) is 0 Å². The second-order valence-electron chi connectivity index (χ2n) is 29.6. The van der Waals surface area contributed by atoms with Gasteiger partial charge in [-0.3, -0.25) is 0 Å². The Morgan fingerprint density at radius 1 is 0.406 bits per heavy atom. The second kappa shape index (κ2) is 21.6. The first-order valence-electron chi connectivity index (χ1n) is 40.8. The van der Waals surface area contributed by atoms with Gasteiger partial charge in [-0.15, -0.1) is 0 Å². The average molecular weight is 1320 g/mol. The van der Waals surface area contributed by atoms with Gasteiger partial charge in [0.15, 0.2) is 5.69 Å². The lowest BCUT2D eigenvalue weighted by Crippen LogP contribution is -2.61. The first kappa shape index (κ1) is 46.8. The highest BCUT2D eigenvalue weighted by molar-refractivity contribution is 7.00. The zero-order chi connectivity index (χ0) is 80.9. The summed E-state index contributed by atoms with van der Waals surface area (Å²) < 4.78 is 150. The van der Waals surface area contributed by atoms with Crippen LogP contribution in [-0.2, 0) is 16.2 Å². The van der Waals surface area contributed by atoms with E-state index in [1.165, 1.54) is 20.3 Å². The molecule has 0 saturated carbocycles. The number of benzene rings is 13. The van der Waals surface area contributed by atoms with Gasteiger partial charge in [0.1, 0.15) is 22.3 Å². The molecule has 0 unspecified atom stereocenters. The van der Waals surface area contributed by atoms with Crippen LogP contribution in [0, 0.1) is 17.9 Å². The molecule has 6 heterocycles. The van der Waals surface area contributed by atoms with Crippen molar-refractivity contribution in [1.82, 2.24) is 9.13 Å². The van der Waals surface area contributed by atoms with Crippen molar-refractivity contribution in [2.24, 2.45) is 0 Å². The van der Waals surface area contributed by atoms with E-state index in [1.807, 2.05) is 78.9 Å². The van der Waals surface area contributed by atoms with Crippen molar-refractivity contribution in [3.05, 3.63) is 288 Å². The monoisotopic (exact) mass is 1310 g/mol. The standard InChI is InChI=1S/C92H69BN6O2/c1-90(2,3)59-32-26-55(27-33-59)57-30-43-83-69(46-57)87-77(21-15-23-85(87)100-83)98-79-51-63(96-73-19-13-11-17-65(73)67-45-54(53-94)25-41-75(67)96)37-39-71(79)93-72-40-38-64(97-74-20-14-12-18-66(74)68-50-62(95-10)36-42-76(68)97)52-80(72)99(82-49-61(92(7,8)9)48-81(98)89(82)93)78-22-16-24-86-88(78)70-47-58(31-44-84(70)101-86)56-28-34-60(35-29-56)91(4,5)6/h11-52H,1-9H3/i11D,12D,13D,14D,17D,18D,19D,20D,25D,36D,41D,42D,45D,50D. The van der Waals surface area contributed by atoms with Crippen LogP contribution in [0.15, 0.2) is 263 Å². The summed E-state index contributed by atoms with van der Waals surface area (Å²) in [7, 11) is 0. The van der Waals surface area contributed by atoms with Gasteiger partial charge in [-0.2, -0.15) is 5.26 Å². The van der Waals surface area contributed by atoms with Crippen LogP contribution >= 0.6 is 0 Å². The summed E-state index contributed by atoms with van der Waals surface area (Å²) in [6.45, 7) is 27.0. The topological polar surface area (TPSA) is 70.8 Å². The largest absolute Gasteiger partial charge is 0.456 e. The average Bonchev–Trinajstić information content (AvgIpc) is 1.64. The third-order valence-corrected chi connectivity index (χ3v) is 20.5. The molecule has 0 N–H and O–H groups in total. The number of hydrogen-bond acceptors (Lipinski definition) is 5. The van der Waals surface area contributed by atoms with E-state index in [0.29, 0.717) is 67.4 Å². The van der Waals surface area contributed by atoms with Gasteiger partial charge in [-0.1, -0.05) is 190 Å². The fourth-order valence-corrected chi connectivity index (χ4v) is 15.5. The third-order valence-electron chi connectivity index (χ3n) is 20.5. The van der Waals surface area contributed by atoms with E-state index in [9.17, 15) is 21.7 Å². The van der Waals surface area contributed by atoms with Crippen LogP contribution in [0.25, 0.3) is 126 Å². The zero-order valence-corrected chi connectivity index (χ0v) is 56.7. The molecule has 0 aliphatic carbocycles. The van der Waals surface area contributed by atoms with Crippen LogP contribution in [0.3, 0.4) is 0 Å². The number of nitrogens with zero attached hydrogens (tertiary/aromatic N) is 6. The maximum atomic E-state index is 10.6. The Balaban J connectivity index is 0.969. The first-order chi connectivity index (χ1) is 54.7. The summed E-state index contributed by atoms with van der Waals surface area (Å²) in [6, 6.07) is 52.0. The summed E-state index contributed by atoms with van der Waals surface area (Å²) in [5.41, 5.74) is 14.2. The maximum absolute atomic E-state index is 10.6. The third kappa shape index (κ3) is 9.13. The number of aromatic nitrogens is 2. The lowest BCUT2D eigenvalue weighted by atomic mass is 9.33. The molecule has 482 valence electrons. The molecule has 2 aliphatic heterocycles. The predicted octanol–water partition coefficient (Wildman–Crippen LogP) is 23.4. The molecule has 8 nitrogen and oxygen atoms in total. The normalized spacial score (nSPS) is 15.1. The molecule has 0 bridgehead atoms. The van der Waals surface area contributed by atoms with Crippen molar-refractivity contribution in [2.45, 2.75) is 78.6 Å². The van der Waals surface area contributed by atoms with Gasteiger partial charge in [-0.05, 0) is 204 Å². The molecule has 0 spiro atoms. The van der Waals surface area contributed by atoms with Crippen LogP contribution in [0.4, 0.5) is 39.8 Å². The number of nitriles is 1. The van der Waals surface area contributed by atoms with Crippen LogP contribution in [0.2, 0.25) is 0 Å². The quantitative estimate of drug-likeness (QED) is 0.123. The number of rotatable bonds is 6. The maximum Gasteiger partial charge on any atom is 0.252 e. The second-order valence-corrected chi connectivity index (χ2v) is 29.6. The Labute approximate surface area is 606 Å². The smallest absolute Gasteiger partial charge is 0.252 e. The Hall–Kier alpha value is -12.3. The minimum atomic E-state index is -0.756. The molecule has 0 saturated heterocycles. The highest BCUT2D eigenvalue weighted by Gasteiger charge is 2.46. The molecule has 2 aliphatic rings. The van der Waals surface area contributed by atoms with E-state index in [2.05, 4.69) is 174 Å². The Morgan fingerprint density at radius 3 is 1.32 bits per heavy atom. The number of furan rings is 2. The van der Waals surface area contributed by atoms with Crippen molar-refractivity contribution in [2.75, 3.05) is 9.80 Å². The van der Waals surface area contributed by atoms with Gasteiger partial charge in [0.05, 0.1) is 78.9 Å². The minimum Gasteiger partial charge on any atom is -0.456 e. The Bertz CT molecular complexity index is 6960. The van der Waals surface area contributed by atoms with Crippen molar-refractivity contribution in [3.63, 3.8) is 0 Å². The summed E-state index contributed by atoms with van der Waals surface area (Å²) >= 11 is 0.